The van der Waals surface area contributed by atoms with Crippen LogP contribution in [-0.4, -0.2) is 36.1 Å². The summed E-state index contributed by atoms with van der Waals surface area (Å²) < 4.78 is 20.0. The van der Waals surface area contributed by atoms with Gasteiger partial charge in [-0.1, -0.05) is 27.3 Å². The fourth-order valence-corrected chi connectivity index (χ4v) is 4.57. The molecule has 0 aliphatic heterocycles. The molecule has 0 saturated heterocycles. The van der Waals surface area contributed by atoms with Crippen molar-refractivity contribution in [2.45, 2.75) is 6.92 Å². The molecule has 0 aromatic heterocycles. The van der Waals surface area contributed by atoms with Gasteiger partial charge >= 0.3 is 14.1 Å². The van der Waals surface area contributed by atoms with Crippen molar-refractivity contribution in [3.05, 3.63) is 89.5 Å². The summed E-state index contributed by atoms with van der Waals surface area (Å²) in [6.45, 7) is 2.03. The van der Waals surface area contributed by atoms with E-state index in [-0.39, 0.29) is 0 Å². The van der Waals surface area contributed by atoms with Crippen LogP contribution in [0.1, 0.15) is 16.7 Å². The van der Waals surface area contributed by atoms with E-state index in [1.54, 1.807) is 36.1 Å². The molecule has 180 valence electrons. The average Bonchev–Trinajstić information content (AvgIpc) is 2.88. The number of hydrogen-bond acceptors (Lipinski definition) is 7. The predicted molar refractivity (Wildman–Crippen MR) is 155 cm³/mol. The zero-order valence-corrected chi connectivity index (χ0v) is 24.0. The lowest BCUT2D eigenvalue weighted by Gasteiger charge is -2.03. The normalized spacial score (nSPS) is 11.9. The lowest BCUT2D eigenvalue weighted by Crippen LogP contribution is -2.04. The maximum Gasteiger partial charge on any atom is 0.540 e. The molecular weight excluding hydrogens is 537 g/mol. The van der Waals surface area contributed by atoms with Gasteiger partial charge in [-0.2, -0.15) is 0 Å². The Hall–Kier alpha value is -2.53. The van der Waals surface area contributed by atoms with Crippen molar-refractivity contribution in [1.82, 2.24) is 9.56 Å². The Bertz CT molecular complexity index is 1210. The van der Waals surface area contributed by atoms with Crippen LogP contribution in [0.2, 0.25) is 0 Å². The van der Waals surface area contributed by atoms with Crippen LogP contribution in [0.15, 0.2) is 83.0 Å². The maximum absolute atomic E-state index is 5.88. The summed E-state index contributed by atoms with van der Waals surface area (Å²) in [5, 5.41) is 8.78. The highest BCUT2D eigenvalue weighted by Gasteiger charge is 2.21. The lowest BCUT2D eigenvalue weighted by molar-refractivity contribution is 0.514. The molecule has 3 aromatic carbocycles. The van der Waals surface area contributed by atoms with E-state index in [0.717, 1.165) is 22.6 Å². The minimum absolute atomic E-state index is 0.661. The average molecular weight is 563 g/mol. The molecule has 3 rings (SSSR count). The van der Waals surface area contributed by atoms with Gasteiger partial charge in [0.15, 0.2) is 11.5 Å². The van der Waals surface area contributed by atoms with Gasteiger partial charge in [0, 0.05) is 0 Å². The van der Waals surface area contributed by atoms with Gasteiger partial charge in [0.2, 0.25) is 23.6 Å². The molecule has 0 heterocycles. The largest absolute Gasteiger partial charge is 0.540 e. The van der Waals surface area contributed by atoms with E-state index in [2.05, 4.69) is 19.7 Å². The van der Waals surface area contributed by atoms with Gasteiger partial charge in [-0.05, 0) is 78.7 Å². The highest BCUT2D eigenvalue weighted by atomic mass is 32.4. The summed E-state index contributed by atoms with van der Waals surface area (Å²) >= 11 is 10.9. The minimum Gasteiger partial charge on any atom is -0.480 e. The van der Waals surface area contributed by atoms with E-state index in [1.165, 1.54) is 5.56 Å². The number of rotatable bonds is 11. The third-order valence-electron chi connectivity index (χ3n) is 4.50. The van der Waals surface area contributed by atoms with E-state index in [1.807, 2.05) is 79.7 Å². The lowest BCUT2D eigenvalue weighted by atomic mass is 10.2. The van der Waals surface area contributed by atoms with E-state index in [4.69, 9.17) is 37.2 Å². The number of hydrazone groups is 2. The second kappa shape index (κ2) is 13.5. The highest BCUT2D eigenvalue weighted by Crippen LogP contribution is 2.32. The molecule has 0 fully saturated rings. The zero-order valence-electron chi connectivity index (χ0n) is 19.4. The smallest absolute Gasteiger partial charge is 0.480 e. The van der Waals surface area contributed by atoms with Crippen molar-refractivity contribution >= 4 is 59.7 Å². The Kier molecular flexibility index (Phi) is 10.5. The molecule has 7 nitrogen and oxygen atoms in total. The van der Waals surface area contributed by atoms with Gasteiger partial charge in [0.1, 0.15) is 5.75 Å². The molecule has 0 amide bonds. The fourth-order valence-electron chi connectivity index (χ4n) is 2.53. The molecule has 0 bridgehead atoms. The van der Waals surface area contributed by atoms with Crippen LogP contribution in [0.4, 0.5) is 0 Å². The van der Waals surface area contributed by atoms with Crippen molar-refractivity contribution in [3.8, 4) is 17.2 Å². The van der Waals surface area contributed by atoms with Gasteiger partial charge in [0.25, 0.3) is 0 Å². The monoisotopic (exact) mass is 562 g/mol. The Labute approximate surface area is 220 Å². The molecule has 0 N–H and O–H groups in total. The SMILES string of the molecule is Cc1ccc(O[P+](=S)N(C)N=Cc2ccc(O[P+](=S)N(C)N=Cc3ccc(OP)cc3)cc2)cc1. The van der Waals surface area contributed by atoms with Gasteiger partial charge in [-0.3, -0.25) is 9.05 Å². The second-order valence-electron chi connectivity index (χ2n) is 7.20. The third kappa shape index (κ3) is 8.88. The quantitative estimate of drug-likeness (QED) is 0.152. The minimum atomic E-state index is -1.37. The number of nitrogens with zero attached hydrogens (tertiary/aromatic N) is 4. The summed E-state index contributed by atoms with van der Waals surface area (Å²) in [6.07, 6.45) is 3.45. The Morgan fingerprint density at radius 2 is 1.06 bits per heavy atom. The van der Waals surface area contributed by atoms with Crippen LogP contribution in [0, 0.1) is 6.92 Å². The number of aryl methyl sites for hydroxylation is 1. The first-order valence-electron chi connectivity index (χ1n) is 10.3. The van der Waals surface area contributed by atoms with Crippen molar-refractivity contribution in [2.24, 2.45) is 10.2 Å². The molecule has 0 aliphatic rings. The van der Waals surface area contributed by atoms with Crippen LogP contribution in [0.25, 0.3) is 0 Å². The van der Waals surface area contributed by atoms with Crippen LogP contribution in [0.5, 0.6) is 17.2 Å². The van der Waals surface area contributed by atoms with E-state index in [9.17, 15) is 0 Å². The topological polar surface area (TPSA) is 58.9 Å². The number of benzene rings is 3. The summed E-state index contributed by atoms with van der Waals surface area (Å²) in [4.78, 5) is 0. The Morgan fingerprint density at radius 3 is 1.46 bits per heavy atom. The molecule has 3 unspecified atom stereocenters. The third-order valence-corrected chi connectivity index (χ3v) is 8.53. The first-order valence-corrected chi connectivity index (χ1v) is 15.3. The molecule has 0 spiro atoms. The van der Waals surface area contributed by atoms with E-state index < -0.39 is 14.1 Å². The molecule has 3 aromatic rings. The highest BCUT2D eigenvalue weighted by molar-refractivity contribution is 8.02. The van der Waals surface area contributed by atoms with Gasteiger partial charge in [-0.25, -0.2) is 0 Å². The summed E-state index contributed by atoms with van der Waals surface area (Å²) in [7, 11) is 3.12. The van der Waals surface area contributed by atoms with E-state index >= 15 is 0 Å². The first kappa shape index (κ1) is 27.1. The molecule has 35 heavy (non-hydrogen) atoms. The van der Waals surface area contributed by atoms with Gasteiger partial charge < -0.3 is 4.52 Å². The molecule has 0 saturated carbocycles. The number of hydrogen-bond donors (Lipinski definition) is 0. The molecule has 0 aliphatic carbocycles. The van der Waals surface area contributed by atoms with Crippen LogP contribution >= 0.6 is 23.6 Å². The van der Waals surface area contributed by atoms with Gasteiger partial charge in [-0.15, -0.1) is 10.2 Å². The summed E-state index contributed by atoms with van der Waals surface area (Å²) in [5.41, 5.74) is 3.00. The first-order chi connectivity index (χ1) is 16.8. The van der Waals surface area contributed by atoms with Crippen LogP contribution in [-0.2, 0) is 23.6 Å². The van der Waals surface area contributed by atoms with Crippen molar-refractivity contribution in [3.63, 3.8) is 0 Å². The fraction of sp³-hybridized carbons (Fsp3) is 0.130. The molecule has 12 heteroatoms. The van der Waals surface area contributed by atoms with Crippen molar-refractivity contribution in [1.29, 1.82) is 0 Å². The Morgan fingerprint density at radius 1 is 0.686 bits per heavy atom. The summed E-state index contributed by atoms with van der Waals surface area (Å²) in [5.74, 6) is 2.15. The van der Waals surface area contributed by atoms with Crippen molar-refractivity contribution in [2.75, 3.05) is 14.1 Å². The second-order valence-corrected chi connectivity index (χ2v) is 11.8. The molecule has 0 radical (unpaired) electrons. The van der Waals surface area contributed by atoms with Crippen LogP contribution in [0.3, 0.4) is 0 Å². The van der Waals surface area contributed by atoms with Gasteiger partial charge in [0.05, 0.1) is 36.0 Å². The Balaban J connectivity index is 1.50. The molecule has 3 atom stereocenters. The standard InChI is InChI=1S/C23H25N4O3P3S2/c1-18-4-10-22(11-5-18)29-32(34)26(2)25-17-20-8-14-23(15-9-20)30-33(35)27(3)24-16-19-6-12-21(28-31)13-7-19/h4-17H,31H2,1-3H3/q+2. The predicted octanol–water partition coefficient (Wildman–Crippen LogP) is 6.40. The molecular formula is C23H25N4O3P3S2+2. The zero-order chi connectivity index (χ0) is 25.2. The summed E-state index contributed by atoms with van der Waals surface area (Å²) in [6, 6.07) is 22.8. The van der Waals surface area contributed by atoms with E-state index in [0.29, 0.717) is 5.75 Å². The van der Waals surface area contributed by atoms with Crippen molar-refractivity contribution < 1.29 is 13.6 Å². The van der Waals surface area contributed by atoms with Crippen LogP contribution < -0.4 is 13.6 Å². The maximum atomic E-state index is 5.88.